The zero-order valence-electron chi connectivity index (χ0n) is 17.6. The number of carbonyl (C=O) groups is 2. The van der Waals surface area contributed by atoms with Gasteiger partial charge in [0.05, 0.1) is 12.0 Å². The average molecular weight is 454 g/mol. The Balaban J connectivity index is 1.50. The minimum Gasteiger partial charge on any atom is -0.467 e. The van der Waals surface area contributed by atoms with E-state index in [1.165, 1.54) is 35.5 Å². The summed E-state index contributed by atoms with van der Waals surface area (Å²) in [4.78, 5) is 25.4. The number of alkyl halides is 2. The third kappa shape index (κ3) is 5.08. The van der Waals surface area contributed by atoms with Crippen molar-refractivity contribution in [1.82, 2.24) is 5.01 Å². The van der Waals surface area contributed by atoms with Crippen LogP contribution in [-0.2, 0) is 9.53 Å². The highest BCUT2D eigenvalue weighted by molar-refractivity contribution is 6.03. The van der Waals surface area contributed by atoms with Gasteiger partial charge in [0.15, 0.2) is 6.61 Å². The van der Waals surface area contributed by atoms with Crippen LogP contribution in [0.4, 0.5) is 8.78 Å². The van der Waals surface area contributed by atoms with E-state index in [1.807, 2.05) is 31.2 Å². The Morgan fingerprint density at radius 1 is 1.12 bits per heavy atom. The molecule has 2 aromatic carbocycles. The second-order valence-electron chi connectivity index (χ2n) is 7.34. The van der Waals surface area contributed by atoms with Gasteiger partial charge in [-0.3, -0.25) is 4.79 Å². The summed E-state index contributed by atoms with van der Waals surface area (Å²) in [6, 6.07) is 16.1. The molecule has 3 aromatic rings. The Hall–Kier alpha value is -4.01. The molecule has 0 N–H and O–H groups in total. The Bertz CT molecular complexity index is 1160. The van der Waals surface area contributed by atoms with Gasteiger partial charge in [-0.1, -0.05) is 42.0 Å². The number of hydrogen-bond donors (Lipinski definition) is 0. The van der Waals surface area contributed by atoms with Gasteiger partial charge < -0.3 is 13.9 Å². The fraction of sp³-hybridized carbons (Fsp3) is 0.208. The number of carbonyl (C=O) groups excluding carboxylic acids is 2. The number of benzene rings is 2. The predicted molar refractivity (Wildman–Crippen MR) is 114 cm³/mol. The summed E-state index contributed by atoms with van der Waals surface area (Å²) >= 11 is 0. The van der Waals surface area contributed by atoms with Crippen LogP contribution in [0, 0.1) is 6.92 Å². The third-order valence-corrected chi connectivity index (χ3v) is 5.07. The maximum absolute atomic E-state index is 12.9. The van der Waals surface area contributed by atoms with Crippen molar-refractivity contribution < 1.29 is 32.3 Å². The van der Waals surface area contributed by atoms with Gasteiger partial charge >= 0.3 is 12.6 Å². The Labute approximate surface area is 188 Å². The van der Waals surface area contributed by atoms with E-state index in [0.717, 1.165) is 11.1 Å². The molecule has 0 spiro atoms. The molecule has 1 aliphatic heterocycles. The van der Waals surface area contributed by atoms with Crippen molar-refractivity contribution in [2.75, 3.05) is 6.61 Å². The lowest BCUT2D eigenvalue weighted by molar-refractivity contribution is -0.136. The Morgan fingerprint density at radius 2 is 1.88 bits per heavy atom. The quantitative estimate of drug-likeness (QED) is 0.483. The standard InChI is InChI=1S/C24H20F2N2O5/c1-15-8-10-16(11-9-15)18-13-19(21-7-4-12-31-21)28(27-18)22(29)14-32-23(30)17-5-2-3-6-20(17)33-24(25)26/h2-12,19,24H,13-14H2,1H3. The van der Waals surface area contributed by atoms with E-state index in [1.54, 1.807) is 12.1 Å². The molecule has 9 heteroatoms. The van der Waals surface area contributed by atoms with Crippen LogP contribution < -0.4 is 4.74 Å². The maximum atomic E-state index is 12.9. The highest BCUT2D eigenvalue weighted by atomic mass is 19.3. The molecule has 0 bridgehead atoms. The predicted octanol–water partition coefficient (Wildman–Crippen LogP) is 4.72. The molecule has 0 saturated heterocycles. The van der Waals surface area contributed by atoms with Gasteiger partial charge in [-0.2, -0.15) is 13.9 Å². The maximum Gasteiger partial charge on any atom is 0.387 e. The van der Waals surface area contributed by atoms with Crippen LogP contribution in [0.25, 0.3) is 0 Å². The number of ether oxygens (including phenoxy) is 2. The van der Waals surface area contributed by atoms with Gasteiger partial charge in [-0.05, 0) is 36.8 Å². The van der Waals surface area contributed by atoms with Crippen LogP contribution in [0.1, 0.15) is 39.7 Å². The minimum absolute atomic E-state index is 0.210. The van der Waals surface area contributed by atoms with Crippen LogP contribution in [0.3, 0.4) is 0 Å². The fourth-order valence-corrected chi connectivity index (χ4v) is 3.47. The molecular formula is C24H20F2N2O5. The lowest BCUT2D eigenvalue weighted by Crippen LogP contribution is -2.31. The molecule has 170 valence electrons. The van der Waals surface area contributed by atoms with Crippen molar-refractivity contribution in [3.05, 3.63) is 89.4 Å². The number of para-hydroxylation sites is 1. The monoisotopic (exact) mass is 454 g/mol. The molecule has 0 radical (unpaired) electrons. The SMILES string of the molecule is Cc1ccc(C2=NN(C(=O)COC(=O)c3ccccc3OC(F)F)C(c3ccco3)C2)cc1. The highest BCUT2D eigenvalue weighted by Gasteiger charge is 2.35. The Morgan fingerprint density at radius 3 is 2.58 bits per heavy atom. The zero-order valence-corrected chi connectivity index (χ0v) is 17.6. The fourth-order valence-electron chi connectivity index (χ4n) is 3.47. The number of furan rings is 1. The molecule has 7 nitrogen and oxygen atoms in total. The number of aryl methyl sites for hydroxylation is 1. The second-order valence-corrected chi connectivity index (χ2v) is 7.34. The molecule has 0 saturated carbocycles. The van der Waals surface area contributed by atoms with E-state index in [-0.39, 0.29) is 11.3 Å². The van der Waals surface area contributed by atoms with Crippen molar-refractivity contribution in [3.8, 4) is 5.75 Å². The summed E-state index contributed by atoms with van der Waals surface area (Å²) in [6.07, 6.45) is 1.92. The van der Waals surface area contributed by atoms with E-state index < -0.39 is 31.1 Å². The summed E-state index contributed by atoms with van der Waals surface area (Å²) in [6.45, 7) is -1.77. The first kappa shape index (κ1) is 22.2. The Kier molecular flexibility index (Phi) is 6.48. The van der Waals surface area contributed by atoms with Crippen LogP contribution >= 0.6 is 0 Å². The molecule has 0 fully saturated rings. The van der Waals surface area contributed by atoms with E-state index in [2.05, 4.69) is 9.84 Å². The van der Waals surface area contributed by atoms with E-state index in [9.17, 15) is 18.4 Å². The molecule has 33 heavy (non-hydrogen) atoms. The zero-order chi connectivity index (χ0) is 23.4. The second kappa shape index (κ2) is 9.64. The van der Waals surface area contributed by atoms with Crippen LogP contribution in [0.2, 0.25) is 0 Å². The molecule has 1 amide bonds. The normalized spacial score (nSPS) is 15.5. The van der Waals surface area contributed by atoms with Crippen LogP contribution in [-0.4, -0.2) is 35.8 Å². The summed E-state index contributed by atoms with van der Waals surface area (Å²) in [5.41, 5.74) is 2.43. The summed E-state index contributed by atoms with van der Waals surface area (Å²) in [5.74, 6) is -1.34. The molecule has 0 aliphatic carbocycles. The first-order valence-corrected chi connectivity index (χ1v) is 10.1. The van der Waals surface area contributed by atoms with Crippen molar-refractivity contribution >= 4 is 17.6 Å². The lowest BCUT2D eigenvalue weighted by Gasteiger charge is -2.19. The van der Waals surface area contributed by atoms with E-state index in [4.69, 9.17) is 9.15 Å². The van der Waals surface area contributed by atoms with Crippen molar-refractivity contribution in [2.24, 2.45) is 5.10 Å². The summed E-state index contributed by atoms with van der Waals surface area (Å²) in [5, 5.41) is 5.68. The van der Waals surface area contributed by atoms with Crippen molar-refractivity contribution in [3.63, 3.8) is 0 Å². The first-order chi connectivity index (χ1) is 15.9. The van der Waals surface area contributed by atoms with Gasteiger partial charge in [0, 0.05) is 6.42 Å². The van der Waals surface area contributed by atoms with Gasteiger partial charge in [-0.15, -0.1) is 0 Å². The third-order valence-electron chi connectivity index (χ3n) is 5.07. The minimum atomic E-state index is -3.10. The number of amides is 1. The first-order valence-electron chi connectivity index (χ1n) is 10.1. The smallest absolute Gasteiger partial charge is 0.387 e. The number of hydrazone groups is 1. The van der Waals surface area contributed by atoms with Crippen molar-refractivity contribution in [1.29, 1.82) is 0 Å². The van der Waals surface area contributed by atoms with Crippen molar-refractivity contribution in [2.45, 2.75) is 26.0 Å². The molecular weight excluding hydrogens is 434 g/mol. The number of rotatable bonds is 7. The summed E-state index contributed by atoms with van der Waals surface area (Å²) < 4.78 is 40.1. The number of nitrogens with zero attached hydrogens (tertiary/aromatic N) is 2. The van der Waals surface area contributed by atoms with Gasteiger partial charge in [-0.25, -0.2) is 9.80 Å². The molecule has 1 aromatic heterocycles. The number of esters is 1. The highest BCUT2D eigenvalue weighted by Crippen LogP contribution is 2.33. The molecule has 2 heterocycles. The average Bonchev–Trinajstić information content (AvgIpc) is 3.48. The topological polar surface area (TPSA) is 81.3 Å². The number of halogens is 2. The molecule has 1 atom stereocenters. The van der Waals surface area contributed by atoms with E-state index in [0.29, 0.717) is 17.9 Å². The largest absolute Gasteiger partial charge is 0.467 e. The van der Waals surface area contributed by atoms with Gasteiger partial charge in [0.1, 0.15) is 23.1 Å². The lowest BCUT2D eigenvalue weighted by atomic mass is 10.0. The number of hydrogen-bond acceptors (Lipinski definition) is 6. The van der Waals surface area contributed by atoms with Crippen LogP contribution in [0.5, 0.6) is 5.75 Å². The molecule has 1 unspecified atom stereocenters. The van der Waals surface area contributed by atoms with E-state index >= 15 is 0 Å². The molecule has 4 rings (SSSR count). The summed E-state index contributed by atoms with van der Waals surface area (Å²) in [7, 11) is 0. The van der Waals surface area contributed by atoms with Crippen LogP contribution in [0.15, 0.2) is 76.4 Å². The van der Waals surface area contributed by atoms with Gasteiger partial charge in [0.25, 0.3) is 5.91 Å². The molecule has 1 aliphatic rings. The van der Waals surface area contributed by atoms with Gasteiger partial charge in [0.2, 0.25) is 0 Å².